The van der Waals surface area contributed by atoms with Gasteiger partial charge in [0.1, 0.15) is 0 Å². The van der Waals surface area contributed by atoms with E-state index in [0.29, 0.717) is 5.92 Å². The van der Waals surface area contributed by atoms with E-state index < -0.39 is 0 Å². The Morgan fingerprint density at radius 2 is 2.00 bits per heavy atom. The lowest BCUT2D eigenvalue weighted by molar-refractivity contribution is -0.113. The Morgan fingerprint density at radius 1 is 1.36 bits per heavy atom. The molecule has 0 N–H and O–H groups in total. The fraction of sp³-hybridized carbons (Fsp3) is 0.700. The maximum Gasteiger partial charge on any atom is 0.155 e. The van der Waals surface area contributed by atoms with Crippen LogP contribution in [0.4, 0.5) is 0 Å². The van der Waals surface area contributed by atoms with Crippen LogP contribution in [-0.2, 0) is 4.79 Å². The van der Waals surface area contributed by atoms with Crippen LogP contribution in [0.5, 0.6) is 0 Å². The molecule has 0 saturated heterocycles. The molecule has 0 aromatic carbocycles. The Hall–Kier alpha value is -0.590. The first-order valence-electron chi connectivity index (χ1n) is 4.35. The minimum Gasteiger partial charge on any atom is -0.295 e. The highest BCUT2D eigenvalue weighted by Crippen LogP contribution is 2.31. The molecule has 1 nitrogen and oxygen atoms in total. The highest BCUT2D eigenvalue weighted by atomic mass is 16.1. The Morgan fingerprint density at radius 3 is 2.36 bits per heavy atom. The molecule has 0 bridgehead atoms. The molecule has 0 radical (unpaired) electrons. The fourth-order valence-corrected chi connectivity index (χ4v) is 1.81. The molecule has 0 unspecified atom stereocenters. The van der Waals surface area contributed by atoms with Gasteiger partial charge in [0.15, 0.2) is 5.78 Å². The first-order valence-corrected chi connectivity index (χ1v) is 4.35. The Kier molecular flexibility index (Phi) is 2.48. The van der Waals surface area contributed by atoms with Gasteiger partial charge in [-0.3, -0.25) is 4.79 Å². The molecule has 0 heterocycles. The monoisotopic (exact) mass is 152 g/mol. The largest absolute Gasteiger partial charge is 0.295 e. The predicted octanol–water partition coefficient (Wildman–Crippen LogP) is 2.71. The number of hydrogen-bond donors (Lipinski definition) is 0. The molecule has 11 heavy (non-hydrogen) atoms. The van der Waals surface area contributed by atoms with Gasteiger partial charge in [0, 0.05) is 0 Å². The molecule has 0 amide bonds. The smallest absolute Gasteiger partial charge is 0.155 e. The highest BCUT2D eigenvalue weighted by Gasteiger charge is 2.19. The van der Waals surface area contributed by atoms with Crippen LogP contribution in [0, 0.1) is 5.92 Å². The third-order valence-corrected chi connectivity index (χ3v) is 2.38. The first-order chi connectivity index (χ1) is 5.13. The van der Waals surface area contributed by atoms with Gasteiger partial charge in [-0.2, -0.15) is 0 Å². The summed E-state index contributed by atoms with van der Waals surface area (Å²) < 4.78 is 0. The van der Waals surface area contributed by atoms with E-state index in [4.69, 9.17) is 0 Å². The molecule has 62 valence electrons. The van der Waals surface area contributed by atoms with Crippen molar-refractivity contribution in [2.24, 2.45) is 5.92 Å². The zero-order valence-electron chi connectivity index (χ0n) is 7.61. The average molecular weight is 152 g/mol. The number of allylic oxidation sites excluding steroid dienone is 2. The predicted molar refractivity (Wildman–Crippen MR) is 46.4 cm³/mol. The molecular formula is C10H16O. The van der Waals surface area contributed by atoms with Crippen molar-refractivity contribution in [2.45, 2.75) is 40.0 Å². The quantitative estimate of drug-likeness (QED) is 0.594. The lowest BCUT2D eigenvalue weighted by Gasteiger charge is -2.07. The molecule has 0 aliphatic heterocycles. The van der Waals surface area contributed by atoms with E-state index in [1.54, 1.807) is 6.92 Å². The topological polar surface area (TPSA) is 17.1 Å². The summed E-state index contributed by atoms with van der Waals surface area (Å²) in [5.74, 6) is 0.850. The molecule has 0 aromatic heterocycles. The summed E-state index contributed by atoms with van der Waals surface area (Å²) in [6.45, 7) is 6.02. The number of rotatable bonds is 2. The minimum absolute atomic E-state index is 0.284. The second-order valence-electron chi connectivity index (χ2n) is 3.57. The van der Waals surface area contributed by atoms with Crippen molar-refractivity contribution in [2.75, 3.05) is 0 Å². The standard InChI is InChI=1S/C10H16O/c1-7(2)9-5-4-6-10(9)8(3)11/h7H,4-6H2,1-3H3. The van der Waals surface area contributed by atoms with Crippen molar-refractivity contribution in [1.29, 1.82) is 0 Å². The molecule has 0 aromatic rings. The third-order valence-electron chi connectivity index (χ3n) is 2.38. The van der Waals surface area contributed by atoms with E-state index in [1.165, 1.54) is 12.0 Å². The number of carbonyl (C=O) groups excluding carboxylic acids is 1. The number of Topliss-reactive ketones (excluding diaryl/α,β-unsaturated/α-hetero) is 1. The van der Waals surface area contributed by atoms with E-state index in [1.807, 2.05) is 0 Å². The van der Waals surface area contributed by atoms with Gasteiger partial charge in [-0.05, 0) is 37.7 Å². The Bertz CT molecular complexity index is 199. The number of hydrogen-bond acceptors (Lipinski definition) is 1. The summed E-state index contributed by atoms with van der Waals surface area (Å²) in [6.07, 6.45) is 3.35. The molecule has 0 atom stereocenters. The normalized spacial score (nSPS) is 18.2. The lowest BCUT2D eigenvalue weighted by atomic mass is 9.98. The van der Waals surface area contributed by atoms with Crippen LogP contribution in [-0.4, -0.2) is 5.78 Å². The molecule has 0 fully saturated rings. The molecule has 0 saturated carbocycles. The van der Waals surface area contributed by atoms with Gasteiger partial charge in [0.25, 0.3) is 0 Å². The molecule has 1 aliphatic rings. The zero-order chi connectivity index (χ0) is 8.43. The molecular weight excluding hydrogens is 136 g/mol. The zero-order valence-corrected chi connectivity index (χ0v) is 7.61. The lowest BCUT2D eigenvalue weighted by Crippen LogP contribution is -2.00. The molecule has 1 rings (SSSR count). The van der Waals surface area contributed by atoms with Gasteiger partial charge >= 0.3 is 0 Å². The van der Waals surface area contributed by atoms with Crippen LogP contribution in [0.25, 0.3) is 0 Å². The molecule has 1 heteroatoms. The van der Waals surface area contributed by atoms with Gasteiger partial charge in [0.05, 0.1) is 0 Å². The van der Waals surface area contributed by atoms with Gasteiger partial charge in [-0.1, -0.05) is 19.4 Å². The van der Waals surface area contributed by atoms with E-state index >= 15 is 0 Å². The van der Waals surface area contributed by atoms with Crippen LogP contribution in [0.15, 0.2) is 11.1 Å². The van der Waals surface area contributed by atoms with Crippen molar-refractivity contribution in [3.63, 3.8) is 0 Å². The number of carbonyl (C=O) groups is 1. The molecule has 0 spiro atoms. The van der Waals surface area contributed by atoms with Crippen LogP contribution in [0.2, 0.25) is 0 Å². The fourth-order valence-electron chi connectivity index (χ4n) is 1.81. The average Bonchev–Trinajstić information content (AvgIpc) is 2.32. The van der Waals surface area contributed by atoms with Gasteiger partial charge in [-0.15, -0.1) is 0 Å². The second-order valence-corrected chi connectivity index (χ2v) is 3.57. The van der Waals surface area contributed by atoms with Crippen molar-refractivity contribution in [1.82, 2.24) is 0 Å². The van der Waals surface area contributed by atoms with Gasteiger partial charge in [0.2, 0.25) is 0 Å². The highest BCUT2D eigenvalue weighted by molar-refractivity contribution is 5.94. The van der Waals surface area contributed by atoms with Crippen molar-refractivity contribution in [3.05, 3.63) is 11.1 Å². The van der Waals surface area contributed by atoms with Gasteiger partial charge in [-0.25, -0.2) is 0 Å². The number of ketones is 1. The van der Waals surface area contributed by atoms with E-state index in [9.17, 15) is 4.79 Å². The molecule has 1 aliphatic carbocycles. The second kappa shape index (κ2) is 3.21. The minimum atomic E-state index is 0.284. The van der Waals surface area contributed by atoms with Crippen LogP contribution in [0.3, 0.4) is 0 Å². The van der Waals surface area contributed by atoms with Crippen molar-refractivity contribution in [3.8, 4) is 0 Å². The Labute approximate surface area is 68.5 Å². The maximum absolute atomic E-state index is 11.1. The summed E-state index contributed by atoms with van der Waals surface area (Å²) in [4.78, 5) is 11.1. The summed E-state index contributed by atoms with van der Waals surface area (Å²) in [5.41, 5.74) is 2.51. The Balaban J connectivity index is 2.86. The first kappa shape index (κ1) is 8.51. The summed E-state index contributed by atoms with van der Waals surface area (Å²) in [5, 5.41) is 0. The summed E-state index contributed by atoms with van der Waals surface area (Å²) in [6, 6.07) is 0. The SMILES string of the molecule is CC(=O)C1=C(C(C)C)CCC1. The van der Waals surface area contributed by atoms with Crippen LogP contribution in [0.1, 0.15) is 40.0 Å². The van der Waals surface area contributed by atoms with Crippen LogP contribution < -0.4 is 0 Å². The van der Waals surface area contributed by atoms with E-state index in [-0.39, 0.29) is 5.78 Å². The van der Waals surface area contributed by atoms with Crippen molar-refractivity contribution >= 4 is 5.78 Å². The van der Waals surface area contributed by atoms with Crippen molar-refractivity contribution < 1.29 is 4.79 Å². The third kappa shape index (κ3) is 1.70. The van der Waals surface area contributed by atoms with Gasteiger partial charge < -0.3 is 0 Å². The van der Waals surface area contributed by atoms with E-state index in [2.05, 4.69) is 13.8 Å². The van der Waals surface area contributed by atoms with Crippen LogP contribution >= 0.6 is 0 Å². The maximum atomic E-state index is 11.1. The van der Waals surface area contributed by atoms with E-state index in [0.717, 1.165) is 18.4 Å². The summed E-state index contributed by atoms with van der Waals surface area (Å²) >= 11 is 0. The summed E-state index contributed by atoms with van der Waals surface area (Å²) in [7, 11) is 0.